The van der Waals surface area contributed by atoms with E-state index < -0.39 is 15.8 Å². The van der Waals surface area contributed by atoms with Crippen molar-refractivity contribution < 1.29 is 22.4 Å². The Kier molecular flexibility index (Phi) is 3.67. The number of fused-ring (bicyclic) bond motifs is 2. The van der Waals surface area contributed by atoms with Crippen LogP contribution in [0.2, 0.25) is 0 Å². The summed E-state index contributed by atoms with van der Waals surface area (Å²) in [5.41, 5.74) is 0.165. The first-order valence-electron chi connectivity index (χ1n) is 8.00. The van der Waals surface area contributed by atoms with Crippen molar-refractivity contribution in [2.75, 3.05) is 6.26 Å². The van der Waals surface area contributed by atoms with E-state index in [2.05, 4.69) is 20.8 Å². The molecule has 0 saturated heterocycles. The molecule has 0 radical (unpaired) electrons. The van der Waals surface area contributed by atoms with E-state index in [4.69, 9.17) is 9.15 Å². The fourth-order valence-electron chi connectivity index (χ4n) is 4.32. The monoisotopic (exact) mass is 340 g/mol. The Balaban J connectivity index is 1.71. The van der Waals surface area contributed by atoms with Crippen LogP contribution in [0.3, 0.4) is 0 Å². The summed E-state index contributed by atoms with van der Waals surface area (Å²) in [4.78, 5) is 12.3. The quantitative estimate of drug-likeness (QED) is 0.787. The van der Waals surface area contributed by atoms with Crippen molar-refractivity contribution in [2.45, 2.75) is 51.9 Å². The highest BCUT2D eigenvalue weighted by Crippen LogP contribution is 2.66. The summed E-state index contributed by atoms with van der Waals surface area (Å²) in [5, 5.41) is 0. The van der Waals surface area contributed by atoms with Gasteiger partial charge in [0.15, 0.2) is 9.84 Å². The van der Waals surface area contributed by atoms with Crippen molar-refractivity contribution in [3.05, 3.63) is 23.7 Å². The number of carbonyl (C=O) groups excluding carboxylic acids is 1. The molecule has 1 heterocycles. The second kappa shape index (κ2) is 5.10. The Labute approximate surface area is 137 Å². The van der Waals surface area contributed by atoms with Crippen molar-refractivity contribution in [3.63, 3.8) is 0 Å². The minimum Gasteiger partial charge on any atom is -0.456 e. The van der Waals surface area contributed by atoms with Gasteiger partial charge in [0.1, 0.15) is 17.6 Å². The molecule has 0 unspecified atom stereocenters. The number of carbonyl (C=O) groups is 1. The maximum absolute atomic E-state index is 12.3. The molecule has 23 heavy (non-hydrogen) atoms. The first-order valence-corrected chi connectivity index (χ1v) is 10.1. The summed E-state index contributed by atoms with van der Waals surface area (Å²) in [6.07, 6.45) is 4.18. The summed E-state index contributed by atoms with van der Waals surface area (Å²) in [7, 11) is -3.19. The summed E-state index contributed by atoms with van der Waals surface area (Å²) < 4.78 is 33.6. The van der Waals surface area contributed by atoms with E-state index in [0.717, 1.165) is 19.1 Å². The molecule has 1 aromatic rings. The normalized spacial score (nSPS) is 32.2. The minimum absolute atomic E-state index is 0.00446. The fourth-order valence-corrected chi connectivity index (χ4v) is 4.99. The molecular formula is C17H24O5S. The Morgan fingerprint density at radius 3 is 2.57 bits per heavy atom. The van der Waals surface area contributed by atoms with E-state index in [1.165, 1.54) is 18.6 Å². The number of esters is 1. The van der Waals surface area contributed by atoms with Gasteiger partial charge >= 0.3 is 5.97 Å². The summed E-state index contributed by atoms with van der Waals surface area (Å²) in [5.74, 6) is 0.213. The van der Waals surface area contributed by atoms with Crippen molar-refractivity contribution in [2.24, 2.45) is 16.7 Å². The highest BCUT2D eigenvalue weighted by Gasteiger charge is 2.62. The molecule has 2 bridgehead atoms. The van der Waals surface area contributed by atoms with Crippen molar-refractivity contribution in [1.29, 1.82) is 0 Å². The first-order chi connectivity index (χ1) is 10.5. The molecule has 128 valence electrons. The third kappa shape index (κ3) is 2.71. The van der Waals surface area contributed by atoms with Gasteiger partial charge in [-0.05, 0) is 42.7 Å². The standard InChI is InChI=1S/C17H24O5S/c1-16(2)11-7-8-17(16,3)14(9-11)22-15(18)13-6-5-12(21-13)10-23(4,19)20/h5-6,11,14H,7-10H2,1-4H3/t11-,14+,17+/m0/s1. The lowest BCUT2D eigenvalue weighted by atomic mass is 9.70. The predicted octanol–water partition coefficient (Wildman–Crippen LogP) is 3.20. The Hall–Kier alpha value is -1.30. The number of hydrogen-bond acceptors (Lipinski definition) is 5. The van der Waals surface area contributed by atoms with Crippen LogP contribution >= 0.6 is 0 Å². The van der Waals surface area contributed by atoms with E-state index in [0.29, 0.717) is 5.92 Å². The molecule has 0 amide bonds. The van der Waals surface area contributed by atoms with Gasteiger partial charge in [-0.2, -0.15) is 0 Å². The van der Waals surface area contributed by atoms with Gasteiger partial charge in [-0.15, -0.1) is 0 Å². The minimum atomic E-state index is -3.19. The number of sulfone groups is 1. The molecule has 2 aliphatic rings. The number of hydrogen-bond donors (Lipinski definition) is 0. The van der Waals surface area contributed by atoms with Crippen LogP contribution in [0, 0.1) is 16.7 Å². The molecule has 2 saturated carbocycles. The molecular weight excluding hydrogens is 316 g/mol. The number of furan rings is 1. The van der Waals surface area contributed by atoms with Crippen LogP contribution in [0.15, 0.2) is 16.5 Å². The van der Waals surface area contributed by atoms with Crippen LogP contribution in [0.1, 0.15) is 56.3 Å². The van der Waals surface area contributed by atoms with Crippen LogP contribution in [-0.4, -0.2) is 26.7 Å². The molecule has 3 rings (SSSR count). The molecule has 3 atom stereocenters. The number of rotatable bonds is 4. The topological polar surface area (TPSA) is 73.6 Å². The second-order valence-electron chi connectivity index (χ2n) is 7.84. The molecule has 6 heteroatoms. The van der Waals surface area contributed by atoms with E-state index in [1.807, 2.05) is 0 Å². The Morgan fingerprint density at radius 2 is 2.04 bits per heavy atom. The van der Waals surface area contributed by atoms with Gasteiger partial charge in [0.05, 0.1) is 0 Å². The maximum Gasteiger partial charge on any atom is 0.374 e. The third-order valence-electron chi connectivity index (χ3n) is 6.23. The molecule has 1 aromatic heterocycles. The largest absolute Gasteiger partial charge is 0.456 e. The van der Waals surface area contributed by atoms with Crippen molar-refractivity contribution in [1.82, 2.24) is 0 Å². The van der Waals surface area contributed by atoms with Crippen LogP contribution in [-0.2, 0) is 20.3 Å². The number of ether oxygens (including phenoxy) is 1. The Morgan fingerprint density at radius 1 is 1.35 bits per heavy atom. The van der Waals surface area contributed by atoms with E-state index in [9.17, 15) is 13.2 Å². The lowest BCUT2D eigenvalue weighted by Gasteiger charge is -2.38. The van der Waals surface area contributed by atoms with Gasteiger partial charge in [0, 0.05) is 11.7 Å². The lowest BCUT2D eigenvalue weighted by molar-refractivity contribution is -0.0265. The highest BCUT2D eigenvalue weighted by atomic mass is 32.2. The van der Waals surface area contributed by atoms with Crippen LogP contribution in [0.5, 0.6) is 0 Å². The van der Waals surface area contributed by atoms with Gasteiger partial charge in [-0.1, -0.05) is 20.8 Å². The molecule has 2 fully saturated rings. The fraction of sp³-hybridized carbons (Fsp3) is 0.706. The van der Waals surface area contributed by atoms with Crippen molar-refractivity contribution in [3.8, 4) is 0 Å². The molecule has 0 aliphatic heterocycles. The zero-order valence-electron chi connectivity index (χ0n) is 14.1. The average molecular weight is 340 g/mol. The molecule has 0 aromatic carbocycles. The smallest absolute Gasteiger partial charge is 0.374 e. The third-order valence-corrected chi connectivity index (χ3v) is 7.04. The van der Waals surface area contributed by atoms with Crippen LogP contribution < -0.4 is 0 Å². The van der Waals surface area contributed by atoms with E-state index in [1.54, 1.807) is 0 Å². The molecule has 5 nitrogen and oxygen atoms in total. The van der Waals surface area contributed by atoms with Crippen molar-refractivity contribution >= 4 is 15.8 Å². The zero-order valence-corrected chi connectivity index (χ0v) is 14.9. The SMILES string of the molecule is CC1(C)[C@H]2CC[C@]1(C)[C@H](OC(=O)c1ccc(CS(C)(=O)=O)o1)C2. The highest BCUT2D eigenvalue weighted by molar-refractivity contribution is 7.89. The van der Waals surface area contributed by atoms with Gasteiger partial charge in [0.2, 0.25) is 5.76 Å². The van der Waals surface area contributed by atoms with Crippen LogP contribution in [0.4, 0.5) is 0 Å². The molecule has 0 N–H and O–H groups in total. The molecule has 2 aliphatic carbocycles. The van der Waals surface area contributed by atoms with E-state index in [-0.39, 0.29) is 34.2 Å². The maximum atomic E-state index is 12.3. The Bertz CT molecular complexity index is 730. The molecule has 0 spiro atoms. The summed E-state index contributed by atoms with van der Waals surface area (Å²) in [6, 6.07) is 3.01. The average Bonchev–Trinajstić information content (AvgIpc) is 2.99. The predicted molar refractivity (Wildman–Crippen MR) is 85.7 cm³/mol. The summed E-state index contributed by atoms with van der Waals surface area (Å²) >= 11 is 0. The van der Waals surface area contributed by atoms with Gasteiger partial charge < -0.3 is 9.15 Å². The lowest BCUT2D eigenvalue weighted by Crippen LogP contribution is -2.38. The van der Waals surface area contributed by atoms with Crippen LogP contribution in [0.25, 0.3) is 0 Å². The zero-order chi connectivity index (χ0) is 17.0. The second-order valence-corrected chi connectivity index (χ2v) is 9.98. The van der Waals surface area contributed by atoms with E-state index >= 15 is 0 Å². The van der Waals surface area contributed by atoms with Gasteiger partial charge in [0.25, 0.3) is 0 Å². The van der Waals surface area contributed by atoms with Gasteiger partial charge in [-0.3, -0.25) is 0 Å². The van der Waals surface area contributed by atoms with Gasteiger partial charge in [-0.25, -0.2) is 13.2 Å². The first kappa shape index (κ1) is 16.6. The summed E-state index contributed by atoms with van der Waals surface area (Å²) in [6.45, 7) is 6.72.